The molecule has 7 nitrogen and oxygen atoms in total. The quantitative estimate of drug-likeness (QED) is 0.233. The minimum Gasteiger partial charge on any atom is -0.496 e. The Morgan fingerprint density at radius 1 is 0.971 bits per heavy atom. The molecule has 2 aromatic heterocycles. The van der Waals surface area contributed by atoms with Gasteiger partial charge in [0.2, 0.25) is 11.7 Å². The van der Waals surface area contributed by atoms with Crippen molar-refractivity contribution in [1.29, 1.82) is 0 Å². The lowest BCUT2D eigenvalue weighted by molar-refractivity contribution is 0.390. The largest absolute Gasteiger partial charge is 0.496 e. The molecule has 0 atom stereocenters. The van der Waals surface area contributed by atoms with Gasteiger partial charge in [0.15, 0.2) is 11.0 Å². The Morgan fingerprint density at radius 2 is 1.77 bits per heavy atom. The number of rotatable bonds is 7. The van der Waals surface area contributed by atoms with Gasteiger partial charge in [-0.15, -0.1) is 10.2 Å². The second-order valence-corrected chi connectivity index (χ2v) is 9.30. The van der Waals surface area contributed by atoms with Crippen molar-refractivity contribution in [3.05, 3.63) is 88.8 Å². The van der Waals surface area contributed by atoms with Crippen molar-refractivity contribution in [3.63, 3.8) is 0 Å². The van der Waals surface area contributed by atoms with Crippen LogP contribution in [0.4, 0.5) is 0 Å². The number of benzene rings is 3. The molecule has 0 aliphatic rings. The standard InChI is InChI=1S/C26H22ClN5O2S/c1-16-8-13-20(14-17(16)2)32-25(18-9-11-19(27)12-10-18)29-30-26(32)35-15-23-28-24(31-34-23)21-6-4-5-7-22(21)33-3/h4-14H,15H2,1-3H3. The first kappa shape index (κ1) is 23.1. The third-order valence-electron chi connectivity index (χ3n) is 5.63. The molecular weight excluding hydrogens is 482 g/mol. The van der Waals surface area contributed by atoms with Crippen LogP contribution in [-0.2, 0) is 5.75 Å². The molecule has 176 valence electrons. The number of nitrogens with zero attached hydrogens (tertiary/aromatic N) is 5. The molecule has 9 heteroatoms. The predicted octanol–water partition coefficient (Wildman–Crippen LogP) is 6.56. The van der Waals surface area contributed by atoms with E-state index in [0.717, 1.165) is 27.8 Å². The summed E-state index contributed by atoms with van der Waals surface area (Å²) in [5, 5.41) is 14.5. The first-order valence-electron chi connectivity index (χ1n) is 10.9. The Labute approximate surface area is 212 Å². The van der Waals surface area contributed by atoms with Gasteiger partial charge in [0.25, 0.3) is 0 Å². The molecule has 2 heterocycles. The highest BCUT2D eigenvalue weighted by Crippen LogP contribution is 2.32. The van der Waals surface area contributed by atoms with E-state index >= 15 is 0 Å². The molecule has 0 fully saturated rings. The molecule has 0 amide bonds. The minimum atomic E-state index is 0.436. The van der Waals surface area contributed by atoms with E-state index < -0.39 is 0 Å². The van der Waals surface area contributed by atoms with Crippen LogP contribution in [-0.4, -0.2) is 32.0 Å². The van der Waals surface area contributed by atoms with Gasteiger partial charge in [0, 0.05) is 10.6 Å². The van der Waals surface area contributed by atoms with Crippen LogP contribution in [0.2, 0.25) is 5.02 Å². The fourth-order valence-electron chi connectivity index (χ4n) is 3.63. The van der Waals surface area contributed by atoms with Gasteiger partial charge in [-0.25, -0.2) is 0 Å². The lowest BCUT2D eigenvalue weighted by Crippen LogP contribution is -2.01. The lowest BCUT2D eigenvalue weighted by atomic mass is 10.1. The van der Waals surface area contributed by atoms with Gasteiger partial charge >= 0.3 is 0 Å². The van der Waals surface area contributed by atoms with Crippen molar-refractivity contribution >= 4 is 23.4 Å². The Hall–Kier alpha value is -3.62. The van der Waals surface area contributed by atoms with Crippen LogP contribution in [0.15, 0.2) is 76.4 Å². The SMILES string of the molecule is COc1ccccc1-c1noc(CSc2nnc(-c3ccc(Cl)cc3)n2-c2ccc(C)c(C)c2)n1. The Kier molecular flexibility index (Phi) is 6.57. The van der Waals surface area contributed by atoms with Crippen molar-refractivity contribution in [1.82, 2.24) is 24.9 Å². The van der Waals surface area contributed by atoms with Gasteiger partial charge in [-0.05, 0) is 73.5 Å². The van der Waals surface area contributed by atoms with E-state index in [1.807, 2.05) is 53.1 Å². The van der Waals surface area contributed by atoms with Gasteiger partial charge in [-0.2, -0.15) is 4.98 Å². The minimum absolute atomic E-state index is 0.436. The zero-order valence-corrected chi connectivity index (χ0v) is 21.0. The third kappa shape index (κ3) is 4.80. The van der Waals surface area contributed by atoms with E-state index in [1.54, 1.807) is 7.11 Å². The Bertz CT molecular complexity index is 1480. The average Bonchev–Trinajstić information content (AvgIpc) is 3.52. The number of methoxy groups -OCH3 is 1. The molecule has 0 unspecified atom stereocenters. The Morgan fingerprint density at radius 3 is 2.54 bits per heavy atom. The summed E-state index contributed by atoms with van der Waals surface area (Å²) in [6.45, 7) is 4.19. The highest BCUT2D eigenvalue weighted by Gasteiger charge is 2.19. The molecule has 0 bridgehead atoms. The molecule has 0 radical (unpaired) electrons. The van der Waals surface area contributed by atoms with Crippen molar-refractivity contribution in [2.75, 3.05) is 7.11 Å². The topological polar surface area (TPSA) is 78.9 Å². The van der Waals surface area contributed by atoms with Gasteiger partial charge in [-0.3, -0.25) is 4.57 Å². The molecule has 5 aromatic rings. The third-order valence-corrected chi connectivity index (χ3v) is 6.79. The number of hydrogen-bond donors (Lipinski definition) is 0. The predicted molar refractivity (Wildman–Crippen MR) is 137 cm³/mol. The van der Waals surface area contributed by atoms with E-state index in [2.05, 4.69) is 52.4 Å². The fourth-order valence-corrected chi connectivity index (χ4v) is 4.54. The maximum atomic E-state index is 6.10. The van der Waals surface area contributed by atoms with E-state index in [-0.39, 0.29) is 0 Å². The van der Waals surface area contributed by atoms with Crippen LogP contribution in [0, 0.1) is 13.8 Å². The van der Waals surface area contributed by atoms with E-state index in [9.17, 15) is 0 Å². The summed E-state index contributed by atoms with van der Waals surface area (Å²) in [5.74, 6) is 2.82. The maximum Gasteiger partial charge on any atom is 0.237 e. The van der Waals surface area contributed by atoms with Crippen molar-refractivity contribution in [3.8, 4) is 34.2 Å². The first-order chi connectivity index (χ1) is 17.0. The van der Waals surface area contributed by atoms with Crippen molar-refractivity contribution < 1.29 is 9.26 Å². The zero-order valence-electron chi connectivity index (χ0n) is 19.4. The highest BCUT2D eigenvalue weighted by atomic mass is 35.5. The van der Waals surface area contributed by atoms with Crippen LogP contribution in [0.1, 0.15) is 17.0 Å². The molecule has 0 saturated heterocycles. The summed E-state index contributed by atoms with van der Waals surface area (Å²) >= 11 is 7.58. The van der Waals surface area contributed by atoms with Crippen LogP contribution < -0.4 is 4.74 Å². The number of hydrogen-bond acceptors (Lipinski definition) is 7. The number of aromatic nitrogens is 5. The molecule has 35 heavy (non-hydrogen) atoms. The summed E-state index contributed by atoms with van der Waals surface area (Å²) in [4.78, 5) is 4.56. The number of para-hydroxylation sites is 1. The van der Waals surface area contributed by atoms with Crippen LogP contribution in [0.5, 0.6) is 5.75 Å². The van der Waals surface area contributed by atoms with Gasteiger partial charge in [-0.1, -0.05) is 46.7 Å². The summed E-state index contributed by atoms with van der Waals surface area (Å²) in [6.07, 6.45) is 0. The number of aryl methyl sites for hydroxylation is 2. The second-order valence-electron chi connectivity index (χ2n) is 7.92. The normalized spacial score (nSPS) is 11.1. The molecule has 5 rings (SSSR count). The molecular formula is C26H22ClN5O2S. The lowest BCUT2D eigenvalue weighted by Gasteiger charge is -2.12. The molecule has 0 aliphatic heterocycles. The number of ether oxygens (including phenoxy) is 1. The zero-order chi connectivity index (χ0) is 24.4. The first-order valence-corrected chi connectivity index (χ1v) is 12.3. The fraction of sp³-hybridized carbons (Fsp3) is 0.154. The van der Waals surface area contributed by atoms with Crippen LogP contribution >= 0.6 is 23.4 Å². The van der Waals surface area contributed by atoms with Gasteiger partial charge < -0.3 is 9.26 Å². The van der Waals surface area contributed by atoms with Gasteiger partial charge in [0.05, 0.1) is 24.1 Å². The van der Waals surface area contributed by atoms with E-state index in [1.165, 1.54) is 22.9 Å². The van der Waals surface area contributed by atoms with Crippen LogP contribution in [0.3, 0.4) is 0 Å². The molecule has 0 saturated carbocycles. The monoisotopic (exact) mass is 503 g/mol. The maximum absolute atomic E-state index is 6.10. The summed E-state index contributed by atoms with van der Waals surface area (Å²) in [5.41, 5.74) is 5.08. The van der Waals surface area contributed by atoms with E-state index in [0.29, 0.717) is 28.2 Å². The summed E-state index contributed by atoms with van der Waals surface area (Å²) in [6, 6.07) is 21.5. The Balaban J connectivity index is 1.47. The average molecular weight is 504 g/mol. The highest BCUT2D eigenvalue weighted by molar-refractivity contribution is 7.98. The van der Waals surface area contributed by atoms with E-state index in [4.69, 9.17) is 20.9 Å². The molecule has 0 N–H and O–H groups in total. The summed E-state index contributed by atoms with van der Waals surface area (Å²) in [7, 11) is 1.62. The molecule has 0 spiro atoms. The molecule has 3 aromatic carbocycles. The number of halogens is 1. The smallest absolute Gasteiger partial charge is 0.237 e. The number of thioether (sulfide) groups is 1. The van der Waals surface area contributed by atoms with Crippen molar-refractivity contribution in [2.45, 2.75) is 24.8 Å². The molecule has 0 aliphatic carbocycles. The summed E-state index contributed by atoms with van der Waals surface area (Å²) < 4.78 is 13.0. The van der Waals surface area contributed by atoms with Crippen LogP contribution in [0.25, 0.3) is 28.5 Å². The van der Waals surface area contributed by atoms with Crippen molar-refractivity contribution in [2.24, 2.45) is 0 Å². The van der Waals surface area contributed by atoms with Gasteiger partial charge in [0.1, 0.15) is 5.75 Å². The second kappa shape index (κ2) is 9.93.